The van der Waals surface area contributed by atoms with Gasteiger partial charge in [0.05, 0.1) is 42.4 Å². The maximum absolute atomic E-state index is 15.7. The van der Waals surface area contributed by atoms with Gasteiger partial charge in [0.25, 0.3) is 5.91 Å². The van der Waals surface area contributed by atoms with Crippen LogP contribution in [-0.4, -0.2) is 117 Å². The highest BCUT2D eigenvalue weighted by molar-refractivity contribution is 5.96. The minimum absolute atomic E-state index is 0.0221. The molecule has 4 aliphatic rings. The van der Waals surface area contributed by atoms with Crippen molar-refractivity contribution in [2.45, 2.75) is 121 Å². The highest BCUT2D eigenvalue weighted by Crippen LogP contribution is 2.64. The van der Waals surface area contributed by atoms with E-state index in [1.54, 1.807) is 66.7 Å². The van der Waals surface area contributed by atoms with Crippen LogP contribution in [0.3, 0.4) is 0 Å². The molecule has 1 aliphatic heterocycles. The van der Waals surface area contributed by atoms with Gasteiger partial charge in [0.15, 0.2) is 17.5 Å². The third-order valence-corrected chi connectivity index (χ3v) is 14.3. The summed E-state index contributed by atoms with van der Waals surface area (Å²) < 4.78 is 36.3. The summed E-state index contributed by atoms with van der Waals surface area (Å²) in [5.41, 5.74) is -7.77. The molecule has 0 aromatic heterocycles. The normalized spacial score (nSPS) is 29.7. The maximum Gasteiger partial charge on any atom is 0.350 e. The van der Waals surface area contributed by atoms with Crippen LogP contribution in [0.25, 0.3) is 0 Å². The number of ether oxygens (including phenoxy) is 6. The number of amides is 1. The van der Waals surface area contributed by atoms with E-state index in [0.717, 1.165) is 13.8 Å². The average Bonchev–Trinajstić information content (AvgIpc) is 3.30. The Hall–Kier alpha value is -6.76. The monoisotopic (exact) mass is 953 g/mol. The molecule has 3 aliphatic carbocycles. The van der Waals surface area contributed by atoms with Gasteiger partial charge < -0.3 is 49.1 Å². The Bertz CT molecular complexity index is 2550. The molecular weight excluding hydrogens is 899 g/mol. The summed E-state index contributed by atoms with van der Waals surface area (Å²) in [6.07, 6.45) is -12.5. The van der Waals surface area contributed by atoms with E-state index < -0.39 is 137 Å². The van der Waals surface area contributed by atoms with Crippen molar-refractivity contribution < 1.29 is 82.1 Å². The number of fused-ring (bicyclic) bond motifs is 5. The standard InChI is InChI=1S/C51H55NO17/c1-27-33(66-47(62)41(67-37(58)23-22-36(56)57)39(30-16-10-7-11-17-30)52-45(60)31-18-12-8-13-19-31)25-51(63)44(68-46(61)32-20-14-9-15-21-32)42-49(6,34(55)24-35-50(42,26-64-35)69-29(3)54)43(59)40(65-28(2)53)38(27)48(51,4)5/h7-21,33-35,39-42,44,55,63H,22-26H2,1-6H3,(H,52,60)(H,56,57)/t33?,34-,35?,39?,40-,41+,42?,44?,49+,50?,51+/m0/s1. The molecule has 18 heteroatoms. The lowest BCUT2D eigenvalue weighted by Crippen LogP contribution is -2.82. The van der Waals surface area contributed by atoms with Crippen LogP contribution in [-0.2, 0) is 57.2 Å². The molecule has 3 aromatic rings. The van der Waals surface area contributed by atoms with Crippen LogP contribution in [0.2, 0.25) is 0 Å². The smallest absolute Gasteiger partial charge is 0.350 e. The lowest BCUT2D eigenvalue weighted by atomic mass is 9.44. The number of hydrogen-bond acceptors (Lipinski definition) is 16. The number of esters is 5. The SMILES string of the molecule is CC(=O)O[C@@H]1C(=O)[C@@]2(C)C(C(OC(=O)c3ccccc3)[C@]3(O)CC(OC(=O)[C@H](OC(=O)CCC(=O)O)C(NC(=O)c4ccccc4)c4ccccc4)C(C)=C1C3(C)C)C1(OC(C)=O)COC1C[C@@H]2O. The lowest BCUT2D eigenvalue weighted by Gasteiger charge is -2.67. The number of carboxylic acids is 1. The summed E-state index contributed by atoms with van der Waals surface area (Å²) in [4.78, 5) is 110. The fraction of sp³-hybridized carbons (Fsp3) is 0.451. The number of Topliss-reactive ketones (excluding diaryl/α,β-unsaturated/α-hetero) is 1. The molecule has 0 spiro atoms. The molecule has 4 N–H and O–H groups in total. The van der Waals surface area contributed by atoms with E-state index in [-0.39, 0.29) is 40.9 Å². The highest BCUT2D eigenvalue weighted by Gasteiger charge is 2.78. The number of rotatable bonds is 14. The van der Waals surface area contributed by atoms with Crippen molar-refractivity contribution in [3.8, 4) is 0 Å². The second-order valence-electron chi connectivity index (χ2n) is 18.7. The van der Waals surface area contributed by atoms with Crippen LogP contribution in [0, 0.1) is 16.7 Å². The van der Waals surface area contributed by atoms with Crippen molar-refractivity contribution >= 4 is 47.5 Å². The molecule has 11 atom stereocenters. The van der Waals surface area contributed by atoms with Crippen molar-refractivity contribution in [3.05, 3.63) is 119 Å². The van der Waals surface area contributed by atoms with Crippen molar-refractivity contribution in [1.29, 1.82) is 0 Å². The second kappa shape index (κ2) is 19.3. The second-order valence-corrected chi connectivity index (χ2v) is 18.7. The first kappa shape index (κ1) is 50.1. The topological polar surface area (TPSA) is 265 Å². The number of hydrogen-bond donors (Lipinski definition) is 4. The third kappa shape index (κ3) is 9.15. The van der Waals surface area contributed by atoms with Gasteiger partial charge in [-0.1, -0.05) is 80.6 Å². The number of carboxylic acid groups (broad SMARTS) is 1. The van der Waals surface area contributed by atoms with Gasteiger partial charge in [-0.05, 0) is 54.8 Å². The first-order valence-corrected chi connectivity index (χ1v) is 22.5. The minimum Gasteiger partial charge on any atom is -0.481 e. The summed E-state index contributed by atoms with van der Waals surface area (Å²) in [7, 11) is 0. The van der Waals surface area contributed by atoms with Crippen LogP contribution in [0.4, 0.5) is 0 Å². The molecule has 7 rings (SSSR count). The molecule has 1 heterocycles. The first-order valence-electron chi connectivity index (χ1n) is 22.5. The molecule has 2 saturated carbocycles. The zero-order valence-electron chi connectivity index (χ0n) is 38.9. The first-order chi connectivity index (χ1) is 32.6. The largest absolute Gasteiger partial charge is 0.481 e. The van der Waals surface area contributed by atoms with Gasteiger partial charge in [-0.2, -0.15) is 0 Å². The summed E-state index contributed by atoms with van der Waals surface area (Å²) in [6.45, 7) is 7.68. The van der Waals surface area contributed by atoms with Gasteiger partial charge in [0.1, 0.15) is 30.0 Å². The van der Waals surface area contributed by atoms with Crippen molar-refractivity contribution in [1.82, 2.24) is 5.32 Å². The van der Waals surface area contributed by atoms with E-state index in [2.05, 4.69) is 5.32 Å². The van der Waals surface area contributed by atoms with Crippen LogP contribution in [0.1, 0.15) is 99.5 Å². The number of aliphatic hydroxyl groups excluding tert-OH is 1. The number of carbonyl (C=O) groups excluding carboxylic acids is 7. The molecule has 1 saturated heterocycles. The number of carbonyl (C=O) groups is 8. The molecule has 3 aromatic carbocycles. The quantitative estimate of drug-likeness (QED) is 0.100. The van der Waals surface area contributed by atoms with Gasteiger partial charge in [-0.3, -0.25) is 28.8 Å². The minimum atomic E-state index is -2.50. The van der Waals surface area contributed by atoms with E-state index >= 15 is 9.59 Å². The van der Waals surface area contributed by atoms with Crippen molar-refractivity contribution in [2.75, 3.05) is 6.61 Å². The Kier molecular flexibility index (Phi) is 14.0. The fourth-order valence-corrected chi connectivity index (χ4v) is 10.7. The molecule has 366 valence electrons. The Balaban J connectivity index is 1.42. The molecule has 2 bridgehead atoms. The number of ketones is 1. The van der Waals surface area contributed by atoms with E-state index in [1.807, 2.05) is 0 Å². The summed E-state index contributed by atoms with van der Waals surface area (Å²) in [5.74, 6) is -9.78. The van der Waals surface area contributed by atoms with Gasteiger partial charge >= 0.3 is 35.8 Å². The molecule has 18 nitrogen and oxygen atoms in total. The van der Waals surface area contributed by atoms with E-state index in [4.69, 9.17) is 28.4 Å². The van der Waals surface area contributed by atoms with Gasteiger partial charge in [0, 0.05) is 37.7 Å². The number of benzene rings is 3. The number of aliphatic hydroxyl groups is 2. The number of nitrogens with one attached hydrogen (secondary N) is 1. The van der Waals surface area contributed by atoms with Crippen LogP contribution >= 0.6 is 0 Å². The Morgan fingerprint density at radius 3 is 1.96 bits per heavy atom. The molecule has 6 unspecified atom stereocenters. The van der Waals surface area contributed by atoms with Crippen LogP contribution in [0.15, 0.2) is 102 Å². The van der Waals surface area contributed by atoms with Crippen molar-refractivity contribution in [3.63, 3.8) is 0 Å². The predicted octanol–water partition coefficient (Wildman–Crippen LogP) is 4.15. The van der Waals surface area contributed by atoms with Gasteiger partial charge in [-0.15, -0.1) is 0 Å². The average molecular weight is 954 g/mol. The zero-order valence-corrected chi connectivity index (χ0v) is 38.9. The predicted molar refractivity (Wildman–Crippen MR) is 238 cm³/mol. The zero-order chi connectivity index (χ0) is 50.2. The molecular formula is C51H55NO17. The Morgan fingerprint density at radius 1 is 0.812 bits per heavy atom. The summed E-state index contributed by atoms with van der Waals surface area (Å²) >= 11 is 0. The molecule has 0 radical (unpaired) electrons. The highest BCUT2D eigenvalue weighted by atomic mass is 16.6. The fourth-order valence-electron chi connectivity index (χ4n) is 10.7. The summed E-state index contributed by atoms with van der Waals surface area (Å²) in [5, 5.41) is 38.2. The van der Waals surface area contributed by atoms with Gasteiger partial charge in [-0.25, -0.2) is 9.59 Å². The van der Waals surface area contributed by atoms with Crippen molar-refractivity contribution in [2.24, 2.45) is 16.7 Å². The maximum atomic E-state index is 15.7. The van der Waals surface area contributed by atoms with E-state index in [9.17, 15) is 44.1 Å². The van der Waals surface area contributed by atoms with E-state index in [0.29, 0.717) is 0 Å². The Morgan fingerprint density at radius 2 is 1.41 bits per heavy atom. The van der Waals surface area contributed by atoms with E-state index in [1.165, 1.54) is 52.0 Å². The van der Waals surface area contributed by atoms with Crippen LogP contribution < -0.4 is 5.32 Å². The molecule has 3 fully saturated rings. The lowest BCUT2D eigenvalue weighted by molar-refractivity contribution is -0.346. The third-order valence-electron chi connectivity index (χ3n) is 14.3. The molecule has 69 heavy (non-hydrogen) atoms. The number of aliphatic carboxylic acids is 1. The summed E-state index contributed by atoms with van der Waals surface area (Å²) in [6, 6.07) is 22.1. The molecule has 1 amide bonds. The Labute approximate surface area is 397 Å². The van der Waals surface area contributed by atoms with Gasteiger partial charge in [0.2, 0.25) is 6.10 Å². The van der Waals surface area contributed by atoms with Crippen LogP contribution in [0.5, 0.6) is 0 Å².